The van der Waals surface area contributed by atoms with Crippen LogP contribution in [0.25, 0.3) is 0 Å². The summed E-state index contributed by atoms with van der Waals surface area (Å²) < 4.78 is 27.4. The van der Waals surface area contributed by atoms with E-state index in [0.717, 1.165) is 12.1 Å². The molecule has 0 aliphatic rings. The molecule has 0 amide bonds. The van der Waals surface area contributed by atoms with Gasteiger partial charge in [0.2, 0.25) is 0 Å². The first-order chi connectivity index (χ1) is 7.88. The molecule has 5 heteroatoms. The van der Waals surface area contributed by atoms with E-state index in [1.807, 2.05) is 13.8 Å². The van der Waals surface area contributed by atoms with Gasteiger partial charge in [-0.1, -0.05) is 0 Å². The SMILES string of the molecule is CCN(c1c(F)cc(C(=O)O)cc1F)C(C)C. The number of carboxylic acid groups (broad SMARTS) is 1. The van der Waals surface area contributed by atoms with Crippen molar-refractivity contribution in [1.82, 2.24) is 0 Å². The van der Waals surface area contributed by atoms with E-state index in [0.29, 0.717) is 6.54 Å². The van der Waals surface area contributed by atoms with E-state index in [1.165, 1.54) is 4.90 Å². The summed E-state index contributed by atoms with van der Waals surface area (Å²) in [6.45, 7) is 5.85. The molecule has 0 radical (unpaired) electrons. The van der Waals surface area contributed by atoms with Crippen molar-refractivity contribution >= 4 is 11.7 Å². The number of aromatic carboxylic acids is 1. The van der Waals surface area contributed by atoms with Crippen LogP contribution >= 0.6 is 0 Å². The van der Waals surface area contributed by atoms with E-state index in [-0.39, 0.29) is 17.3 Å². The summed E-state index contributed by atoms with van der Waals surface area (Å²) in [6.07, 6.45) is 0. The molecule has 3 nitrogen and oxygen atoms in total. The van der Waals surface area contributed by atoms with Gasteiger partial charge in [0.05, 0.1) is 5.56 Å². The standard InChI is InChI=1S/C12H15F2NO2/c1-4-15(7(2)3)11-9(13)5-8(12(16)17)6-10(11)14/h5-7H,4H2,1-3H3,(H,16,17). The van der Waals surface area contributed by atoms with Crippen molar-refractivity contribution in [3.63, 3.8) is 0 Å². The second-order valence-corrected chi connectivity index (χ2v) is 3.97. The van der Waals surface area contributed by atoms with Gasteiger partial charge in [-0.25, -0.2) is 13.6 Å². The zero-order valence-corrected chi connectivity index (χ0v) is 10.00. The fourth-order valence-corrected chi connectivity index (χ4v) is 1.74. The number of benzene rings is 1. The van der Waals surface area contributed by atoms with Gasteiger partial charge in [0.25, 0.3) is 0 Å². The van der Waals surface area contributed by atoms with Gasteiger partial charge in [-0.3, -0.25) is 0 Å². The number of anilines is 1. The molecule has 0 bridgehead atoms. The van der Waals surface area contributed by atoms with Crippen molar-refractivity contribution in [2.24, 2.45) is 0 Å². The van der Waals surface area contributed by atoms with Crippen LogP contribution in [-0.2, 0) is 0 Å². The Labute approximate surface area is 98.7 Å². The van der Waals surface area contributed by atoms with Gasteiger partial charge in [-0.2, -0.15) is 0 Å². The van der Waals surface area contributed by atoms with Crippen LogP contribution < -0.4 is 4.90 Å². The van der Waals surface area contributed by atoms with Crippen molar-refractivity contribution in [3.05, 3.63) is 29.3 Å². The number of halogens is 2. The number of hydrogen-bond donors (Lipinski definition) is 1. The first kappa shape index (κ1) is 13.4. The summed E-state index contributed by atoms with van der Waals surface area (Å²) >= 11 is 0. The van der Waals surface area contributed by atoms with Crippen LogP contribution in [0.2, 0.25) is 0 Å². The van der Waals surface area contributed by atoms with Crippen molar-refractivity contribution in [2.45, 2.75) is 26.8 Å². The van der Waals surface area contributed by atoms with E-state index in [2.05, 4.69) is 0 Å². The third-order valence-corrected chi connectivity index (χ3v) is 2.52. The molecule has 94 valence electrons. The minimum Gasteiger partial charge on any atom is -0.478 e. The average molecular weight is 243 g/mol. The summed E-state index contributed by atoms with van der Waals surface area (Å²) in [5.41, 5.74) is -0.559. The van der Waals surface area contributed by atoms with Gasteiger partial charge in [0.15, 0.2) is 0 Å². The minimum atomic E-state index is -1.35. The average Bonchev–Trinajstić information content (AvgIpc) is 2.22. The van der Waals surface area contributed by atoms with Crippen LogP contribution in [0, 0.1) is 11.6 Å². The van der Waals surface area contributed by atoms with Crippen LogP contribution in [0.4, 0.5) is 14.5 Å². The number of hydrogen-bond acceptors (Lipinski definition) is 2. The lowest BCUT2D eigenvalue weighted by atomic mass is 10.1. The monoisotopic (exact) mass is 243 g/mol. The third-order valence-electron chi connectivity index (χ3n) is 2.52. The van der Waals surface area contributed by atoms with Gasteiger partial charge in [0.1, 0.15) is 17.3 Å². The molecule has 17 heavy (non-hydrogen) atoms. The number of nitrogens with zero attached hydrogens (tertiary/aromatic N) is 1. The zero-order chi connectivity index (χ0) is 13.2. The summed E-state index contributed by atoms with van der Waals surface area (Å²) in [5.74, 6) is -3.04. The predicted octanol–water partition coefficient (Wildman–Crippen LogP) is 2.90. The molecule has 1 N–H and O–H groups in total. The highest BCUT2D eigenvalue weighted by molar-refractivity contribution is 5.88. The Morgan fingerprint density at radius 1 is 1.35 bits per heavy atom. The Kier molecular flexibility index (Phi) is 4.04. The van der Waals surface area contributed by atoms with Crippen molar-refractivity contribution in [3.8, 4) is 0 Å². The number of carbonyl (C=O) groups is 1. The second-order valence-electron chi connectivity index (χ2n) is 3.97. The van der Waals surface area contributed by atoms with Gasteiger partial charge in [-0.15, -0.1) is 0 Å². The Balaban J connectivity index is 3.30. The second kappa shape index (κ2) is 5.12. The normalized spacial score (nSPS) is 10.7. The minimum absolute atomic E-state index is 0.0697. The summed E-state index contributed by atoms with van der Waals surface area (Å²) in [6, 6.07) is 1.61. The van der Waals surface area contributed by atoms with Gasteiger partial charge < -0.3 is 10.0 Å². The lowest BCUT2D eigenvalue weighted by Gasteiger charge is -2.28. The van der Waals surface area contributed by atoms with Crippen LogP contribution in [0.3, 0.4) is 0 Å². The molecule has 0 fully saturated rings. The van der Waals surface area contributed by atoms with Gasteiger partial charge in [0, 0.05) is 12.6 Å². The molecular formula is C12H15F2NO2. The van der Waals surface area contributed by atoms with Gasteiger partial charge in [-0.05, 0) is 32.9 Å². The maximum absolute atomic E-state index is 13.7. The first-order valence-corrected chi connectivity index (χ1v) is 5.37. The molecule has 0 saturated heterocycles. The Hall–Kier alpha value is -1.65. The van der Waals surface area contributed by atoms with E-state index < -0.39 is 17.6 Å². The highest BCUT2D eigenvalue weighted by atomic mass is 19.1. The summed E-state index contributed by atoms with van der Waals surface area (Å²) in [7, 11) is 0. The summed E-state index contributed by atoms with van der Waals surface area (Å²) in [5, 5.41) is 8.68. The fourth-order valence-electron chi connectivity index (χ4n) is 1.74. The highest BCUT2D eigenvalue weighted by Gasteiger charge is 2.20. The van der Waals surface area contributed by atoms with Gasteiger partial charge >= 0.3 is 5.97 Å². The molecule has 1 aromatic carbocycles. The van der Waals surface area contributed by atoms with E-state index in [9.17, 15) is 13.6 Å². The van der Waals surface area contributed by atoms with Crippen LogP contribution in [0.15, 0.2) is 12.1 Å². The largest absolute Gasteiger partial charge is 0.478 e. The van der Waals surface area contributed by atoms with Crippen molar-refractivity contribution in [2.75, 3.05) is 11.4 Å². The topological polar surface area (TPSA) is 40.5 Å². The molecule has 0 saturated carbocycles. The quantitative estimate of drug-likeness (QED) is 0.883. The molecule has 0 aliphatic heterocycles. The van der Waals surface area contributed by atoms with Crippen LogP contribution in [0.5, 0.6) is 0 Å². The van der Waals surface area contributed by atoms with E-state index in [4.69, 9.17) is 5.11 Å². The molecule has 0 spiro atoms. The molecule has 0 unspecified atom stereocenters. The molecule has 1 rings (SSSR count). The van der Waals surface area contributed by atoms with E-state index >= 15 is 0 Å². The third kappa shape index (κ3) is 2.72. The molecule has 0 atom stereocenters. The summed E-state index contributed by atoms with van der Waals surface area (Å²) in [4.78, 5) is 12.2. The lowest BCUT2D eigenvalue weighted by molar-refractivity contribution is 0.0696. The Bertz CT molecular complexity index is 410. The molecule has 0 heterocycles. The molecule has 0 aromatic heterocycles. The molecule has 0 aliphatic carbocycles. The number of rotatable bonds is 4. The smallest absolute Gasteiger partial charge is 0.335 e. The van der Waals surface area contributed by atoms with E-state index in [1.54, 1.807) is 6.92 Å². The Morgan fingerprint density at radius 3 is 2.12 bits per heavy atom. The first-order valence-electron chi connectivity index (χ1n) is 5.37. The maximum atomic E-state index is 13.7. The molecule has 1 aromatic rings. The fraction of sp³-hybridized carbons (Fsp3) is 0.417. The Morgan fingerprint density at radius 2 is 1.82 bits per heavy atom. The van der Waals surface area contributed by atoms with Crippen LogP contribution in [-0.4, -0.2) is 23.7 Å². The van der Waals surface area contributed by atoms with Crippen molar-refractivity contribution in [1.29, 1.82) is 0 Å². The van der Waals surface area contributed by atoms with Crippen LogP contribution in [0.1, 0.15) is 31.1 Å². The highest BCUT2D eigenvalue weighted by Crippen LogP contribution is 2.26. The molecular weight excluding hydrogens is 228 g/mol. The maximum Gasteiger partial charge on any atom is 0.335 e. The number of carboxylic acids is 1. The predicted molar refractivity (Wildman–Crippen MR) is 61.5 cm³/mol. The zero-order valence-electron chi connectivity index (χ0n) is 10.00. The van der Waals surface area contributed by atoms with Crippen molar-refractivity contribution < 1.29 is 18.7 Å². The lowest BCUT2D eigenvalue weighted by Crippen LogP contribution is -2.32.